The van der Waals surface area contributed by atoms with Crippen molar-refractivity contribution in [3.05, 3.63) is 71.3 Å². The zero-order valence-corrected chi connectivity index (χ0v) is 12.1. The lowest BCUT2D eigenvalue weighted by Gasteiger charge is -2.10. The Hall–Kier alpha value is -2.26. The molecular formula is C17H12ClFN2. The van der Waals surface area contributed by atoms with Crippen LogP contribution in [0.5, 0.6) is 0 Å². The number of hydrogen-bond acceptors (Lipinski definition) is 2. The second-order valence-corrected chi connectivity index (χ2v) is 5.11. The van der Waals surface area contributed by atoms with Crippen LogP contribution in [0.25, 0.3) is 22.5 Å². The van der Waals surface area contributed by atoms with E-state index >= 15 is 0 Å². The van der Waals surface area contributed by atoms with Gasteiger partial charge in [0.1, 0.15) is 5.82 Å². The summed E-state index contributed by atoms with van der Waals surface area (Å²) in [6.07, 6.45) is 3.29. The van der Waals surface area contributed by atoms with Gasteiger partial charge in [0.25, 0.3) is 0 Å². The molecule has 3 rings (SSSR count). The fraction of sp³-hybridized carbons (Fsp3) is 0.0588. The van der Waals surface area contributed by atoms with Crippen molar-refractivity contribution in [3.8, 4) is 22.5 Å². The van der Waals surface area contributed by atoms with E-state index in [4.69, 9.17) is 11.6 Å². The molecule has 0 spiro atoms. The van der Waals surface area contributed by atoms with Gasteiger partial charge in [0, 0.05) is 18.0 Å². The lowest BCUT2D eigenvalue weighted by Crippen LogP contribution is -1.93. The predicted molar refractivity (Wildman–Crippen MR) is 82.6 cm³/mol. The Morgan fingerprint density at radius 3 is 2.48 bits per heavy atom. The maximum atomic E-state index is 14.5. The molecule has 0 N–H and O–H groups in total. The van der Waals surface area contributed by atoms with Gasteiger partial charge in [-0.05, 0) is 42.8 Å². The minimum atomic E-state index is -0.402. The number of pyridine rings is 2. The molecule has 0 saturated carbocycles. The summed E-state index contributed by atoms with van der Waals surface area (Å²) in [4.78, 5) is 8.44. The van der Waals surface area contributed by atoms with E-state index in [0.29, 0.717) is 21.8 Å². The van der Waals surface area contributed by atoms with E-state index in [0.717, 1.165) is 11.3 Å². The minimum absolute atomic E-state index is 0.314. The Labute approximate surface area is 127 Å². The van der Waals surface area contributed by atoms with Crippen LogP contribution in [0.4, 0.5) is 4.39 Å². The van der Waals surface area contributed by atoms with Gasteiger partial charge < -0.3 is 0 Å². The fourth-order valence-corrected chi connectivity index (χ4v) is 2.56. The van der Waals surface area contributed by atoms with E-state index in [-0.39, 0.29) is 0 Å². The Balaban J connectivity index is 2.15. The van der Waals surface area contributed by atoms with E-state index < -0.39 is 5.82 Å². The van der Waals surface area contributed by atoms with Crippen LogP contribution in [0.3, 0.4) is 0 Å². The summed E-state index contributed by atoms with van der Waals surface area (Å²) >= 11 is 6.26. The highest BCUT2D eigenvalue weighted by molar-refractivity contribution is 6.33. The molecule has 0 aliphatic heterocycles. The maximum absolute atomic E-state index is 14.5. The molecular weight excluding hydrogens is 287 g/mol. The molecule has 4 heteroatoms. The second kappa shape index (κ2) is 5.62. The van der Waals surface area contributed by atoms with Crippen LogP contribution >= 0.6 is 11.6 Å². The Morgan fingerprint density at radius 2 is 1.81 bits per heavy atom. The van der Waals surface area contributed by atoms with Gasteiger partial charge in [-0.1, -0.05) is 23.7 Å². The molecule has 0 amide bonds. The first-order valence-corrected chi connectivity index (χ1v) is 6.87. The maximum Gasteiger partial charge on any atom is 0.134 e. The number of benzene rings is 1. The van der Waals surface area contributed by atoms with Crippen molar-refractivity contribution in [1.82, 2.24) is 9.97 Å². The third kappa shape index (κ3) is 2.65. The van der Waals surface area contributed by atoms with Gasteiger partial charge in [0.05, 0.1) is 22.0 Å². The summed E-state index contributed by atoms with van der Waals surface area (Å²) in [5, 5.41) is 0.328. The van der Waals surface area contributed by atoms with Gasteiger partial charge in [-0.15, -0.1) is 0 Å². The van der Waals surface area contributed by atoms with E-state index in [1.54, 1.807) is 36.7 Å². The van der Waals surface area contributed by atoms with Crippen LogP contribution < -0.4 is 0 Å². The molecule has 0 saturated heterocycles. The molecule has 21 heavy (non-hydrogen) atoms. The van der Waals surface area contributed by atoms with Crippen LogP contribution in [0.1, 0.15) is 5.56 Å². The quantitative estimate of drug-likeness (QED) is 0.671. The van der Waals surface area contributed by atoms with E-state index in [1.807, 2.05) is 19.1 Å². The summed E-state index contributed by atoms with van der Waals surface area (Å²) in [6, 6.07) is 12.3. The van der Waals surface area contributed by atoms with Crippen molar-refractivity contribution in [3.63, 3.8) is 0 Å². The summed E-state index contributed by atoms with van der Waals surface area (Å²) in [7, 11) is 0. The minimum Gasteiger partial charge on any atom is -0.256 e. The second-order valence-electron chi connectivity index (χ2n) is 4.70. The lowest BCUT2D eigenvalue weighted by molar-refractivity contribution is 0.631. The Bertz CT molecular complexity index is 765. The topological polar surface area (TPSA) is 25.8 Å². The molecule has 2 aromatic heterocycles. The van der Waals surface area contributed by atoms with Crippen molar-refractivity contribution in [2.45, 2.75) is 6.92 Å². The van der Waals surface area contributed by atoms with Crippen molar-refractivity contribution >= 4 is 11.6 Å². The van der Waals surface area contributed by atoms with Crippen molar-refractivity contribution in [1.29, 1.82) is 0 Å². The molecule has 0 aliphatic rings. The molecule has 3 aromatic rings. The van der Waals surface area contributed by atoms with Crippen LogP contribution in [-0.2, 0) is 0 Å². The number of aryl methyl sites for hydroxylation is 1. The predicted octanol–water partition coefficient (Wildman–Crippen LogP) is 4.91. The SMILES string of the molecule is Cc1cccnc1-c1cc(F)c(-c2ccccn2)c(Cl)c1. The monoisotopic (exact) mass is 298 g/mol. The third-order valence-electron chi connectivity index (χ3n) is 3.25. The number of aromatic nitrogens is 2. The van der Waals surface area contributed by atoms with E-state index in [9.17, 15) is 4.39 Å². The third-order valence-corrected chi connectivity index (χ3v) is 3.54. The number of nitrogens with zero attached hydrogens (tertiary/aromatic N) is 2. The highest BCUT2D eigenvalue weighted by Gasteiger charge is 2.14. The van der Waals surface area contributed by atoms with Crippen molar-refractivity contribution < 1.29 is 4.39 Å². The Morgan fingerprint density at radius 1 is 1.00 bits per heavy atom. The van der Waals surface area contributed by atoms with Crippen LogP contribution in [-0.4, -0.2) is 9.97 Å². The average Bonchev–Trinajstić information content (AvgIpc) is 2.48. The first kappa shape index (κ1) is 13.7. The largest absolute Gasteiger partial charge is 0.256 e. The summed E-state index contributed by atoms with van der Waals surface area (Å²) in [5.74, 6) is -0.402. The zero-order chi connectivity index (χ0) is 14.8. The summed E-state index contributed by atoms with van der Waals surface area (Å²) in [5.41, 5.74) is 3.19. The van der Waals surface area contributed by atoms with Gasteiger partial charge in [-0.2, -0.15) is 0 Å². The number of rotatable bonds is 2. The fourth-order valence-electron chi connectivity index (χ4n) is 2.25. The van der Waals surface area contributed by atoms with Crippen LogP contribution in [0, 0.1) is 12.7 Å². The van der Waals surface area contributed by atoms with Crippen molar-refractivity contribution in [2.75, 3.05) is 0 Å². The molecule has 0 radical (unpaired) electrons. The van der Waals surface area contributed by atoms with Gasteiger partial charge in [-0.3, -0.25) is 9.97 Å². The normalized spacial score (nSPS) is 10.6. The molecule has 2 nitrogen and oxygen atoms in total. The first-order valence-electron chi connectivity index (χ1n) is 6.49. The number of halogens is 2. The van der Waals surface area contributed by atoms with Gasteiger partial charge in [0.15, 0.2) is 0 Å². The van der Waals surface area contributed by atoms with Crippen LogP contribution in [0.15, 0.2) is 54.9 Å². The highest BCUT2D eigenvalue weighted by atomic mass is 35.5. The summed E-state index contributed by atoms with van der Waals surface area (Å²) < 4.78 is 14.5. The highest BCUT2D eigenvalue weighted by Crippen LogP contribution is 2.34. The van der Waals surface area contributed by atoms with Gasteiger partial charge in [0.2, 0.25) is 0 Å². The van der Waals surface area contributed by atoms with Crippen molar-refractivity contribution in [2.24, 2.45) is 0 Å². The molecule has 0 unspecified atom stereocenters. The van der Waals surface area contributed by atoms with E-state index in [1.165, 1.54) is 6.07 Å². The van der Waals surface area contributed by atoms with Gasteiger partial charge >= 0.3 is 0 Å². The smallest absolute Gasteiger partial charge is 0.134 e. The molecule has 104 valence electrons. The molecule has 2 heterocycles. The first-order chi connectivity index (χ1) is 10.2. The standard InChI is InChI=1S/C17H12ClFN2/c1-11-5-4-8-21-17(11)12-9-13(18)16(14(19)10-12)15-6-2-3-7-20-15/h2-10H,1H3. The molecule has 0 atom stereocenters. The molecule has 1 aromatic carbocycles. The van der Waals surface area contributed by atoms with Gasteiger partial charge in [-0.25, -0.2) is 4.39 Å². The summed E-state index contributed by atoms with van der Waals surface area (Å²) in [6.45, 7) is 1.93. The Kier molecular flexibility index (Phi) is 3.67. The zero-order valence-electron chi connectivity index (χ0n) is 11.3. The van der Waals surface area contributed by atoms with E-state index in [2.05, 4.69) is 9.97 Å². The molecule has 0 bridgehead atoms. The lowest BCUT2D eigenvalue weighted by atomic mass is 10.0. The number of hydrogen-bond donors (Lipinski definition) is 0. The molecule has 0 fully saturated rings. The average molecular weight is 299 g/mol. The van der Waals surface area contributed by atoms with Crippen LogP contribution in [0.2, 0.25) is 5.02 Å². The molecule has 0 aliphatic carbocycles.